The summed E-state index contributed by atoms with van der Waals surface area (Å²) >= 11 is 0. The van der Waals surface area contributed by atoms with Crippen LogP contribution in [0.4, 0.5) is 0 Å². The molecule has 0 aliphatic carbocycles. The summed E-state index contributed by atoms with van der Waals surface area (Å²) in [7, 11) is 2.15. The van der Waals surface area contributed by atoms with Gasteiger partial charge in [0.05, 0.1) is 0 Å². The van der Waals surface area contributed by atoms with E-state index in [-0.39, 0.29) is 5.54 Å². The van der Waals surface area contributed by atoms with Gasteiger partial charge in [-0.05, 0) is 39.4 Å². The van der Waals surface area contributed by atoms with Crippen LogP contribution in [-0.2, 0) is 0 Å². The second-order valence-corrected chi connectivity index (χ2v) is 3.66. The molecule has 2 heteroatoms. The van der Waals surface area contributed by atoms with Crippen molar-refractivity contribution in [1.82, 2.24) is 4.90 Å². The van der Waals surface area contributed by atoms with Gasteiger partial charge in [-0.2, -0.15) is 0 Å². The van der Waals surface area contributed by atoms with Crippen molar-refractivity contribution in [1.29, 1.82) is 0 Å². The molecule has 1 aliphatic heterocycles. The number of piperidine rings is 1. The highest BCUT2D eigenvalue weighted by molar-refractivity contribution is 4.94. The van der Waals surface area contributed by atoms with Gasteiger partial charge in [0, 0.05) is 5.54 Å². The fraction of sp³-hybridized carbons (Fsp3) is 0.778. The van der Waals surface area contributed by atoms with E-state index in [0.29, 0.717) is 0 Å². The Balaban J connectivity index is 2.41. The summed E-state index contributed by atoms with van der Waals surface area (Å²) in [6, 6.07) is 0. The molecule has 0 radical (unpaired) electrons. The van der Waals surface area contributed by atoms with Crippen molar-refractivity contribution in [3.63, 3.8) is 0 Å². The van der Waals surface area contributed by atoms with Crippen LogP contribution in [0.3, 0.4) is 0 Å². The third kappa shape index (κ3) is 2.31. The van der Waals surface area contributed by atoms with Gasteiger partial charge in [0.1, 0.15) is 0 Å². The van der Waals surface area contributed by atoms with Crippen molar-refractivity contribution in [2.24, 2.45) is 5.73 Å². The van der Waals surface area contributed by atoms with Crippen LogP contribution in [0.25, 0.3) is 0 Å². The van der Waals surface area contributed by atoms with E-state index in [1.54, 1.807) is 0 Å². The van der Waals surface area contributed by atoms with Crippen LogP contribution in [0.5, 0.6) is 0 Å². The normalized spacial score (nSPS) is 24.9. The molecule has 2 nitrogen and oxygen atoms in total. The van der Waals surface area contributed by atoms with Crippen LogP contribution < -0.4 is 5.73 Å². The lowest BCUT2D eigenvalue weighted by Crippen LogP contribution is -2.48. The lowest BCUT2D eigenvalue weighted by atomic mass is 9.86. The lowest BCUT2D eigenvalue weighted by molar-refractivity contribution is 0.192. The average molecular weight is 154 g/mol. The van der Waals surface area contributed by atoms with Gasteiger partial charge < -0.3 is 10.6 Å². The molecule has 0 aromatic carbocycles. The van der Waals surface area contributed by atoms with E-state index in [4.69, 9.17) is 5.73 Å². The van der Waals surface area contributed by atoms with Crippen molar-refractivity contribution in [2.45, 2.75) is 24.8 Å². The molecule has 1 fully saturated rings. The quantitative estimate of drug-likeness (QED) is 0.601. The zero-order chi connectivity index (χ0) is 8.32. The zero-order valence-corrected chi connectivity index (χ0v) is 7.34. The molecule has 0 saturated carbocycles. The van der Waals surface area contributed by atoms with Crippen LogP contribution in [0.2, 0.25) is 0 Å². The highest BCUT2D eigenvalue weighted by Crippen LogP contribution is 2.22. The molecular formula is C9H18N2. The molecule has 2 N–H and O–H groups in total. The first-order chi connectivity index (χ1) is 5.16. The number of nitrogens with two attached hydrogens (primary N) is 1. The predicted molar refractivity (Wildman–Crippen MR) is 48.5 cm³/mol. The summed E-state index contributed by atoms with van der Waals surface area (Å²) in [4.78, 5) is 2.33. The molecule has 0 aromatic heterocycles. The van der Waals surface area contributed by atoms with Gasteiger partial charge in [-0.1, -0.05) is 6.08 Å². The third-order valence-corrected chi connectivity index (χ3v) is 2.53. The largest absolute Gasteiger partial charge is 0.325 e. The fourth-order valence-electron chi connectivity index (χ4n) is 1.56. The predicted octanol–water partition coefficient (Wildman–Crippen LogP) is 0.986. The van der Waals surface area contributed by atoms with E-state index < -0.39 is 0 Å². The van der Waals surface area contributed by atoms with Crippen LogP contribution in [0, 0.1) is 0 Å². The van der Waals surface area contributed by atoms with E-state index in [1.807, 2.05) is 6.08 Å². The van der Waals surface area contributed by atoms with Crippen molar-refractivity contribution < 1.29 is 0 Å². The first-order valence-electron chi connectivity index (χ1n) is 4.25. The Morgan fingerprint density at radius 3 is 2.55 bits per heavy atom. The average Bonchev–Trinajstić information content (AvgIpc) is 1.97. The summed E-state index contributed by atoms with van der Waals surface area (Å²) < 4.78 is 0. The van der Waals surface area contributed by atoms with Gasteiger partial charge in [-0.25, -0.2) is 0 Å². The van der Waals surface area contributed by atoms with Crippen molar-refractivity contribution in [3.8, 4) is 0 Å². The van der Waals surface area contributed by atoms with Gasteiger partial charge >= 0.3 is 0 Å². The second-order valence-electron chi connectivity index (χ2n) is 3.66. The van der Waals surface area contributed by atoms with Crippen LogP contribution >= 0.6 is 0 Å². The molecule has 0 bridgehead atoms. The summed E-state index contributed by atoms with van der Waals surface area (Å²) in [5, 5.41) is 0. The van der Waals surface area contributed by atoms with E-state index in [1.165, 1.54) is 0 Å². The van der Waals surface area contributed by atoms with Gasteiger partial charge in [0.2, 0.25) is 0 Å². The molecule has 64 valence electrons. The minimum Gasteiger partial charge on any atom is -0.325 e. The van der Waals surface area contributed by atoms with E-state index in [2.05, 4.69) is 18.5 Å². The molecule has 0 atom stereocenters. The molecule has 1 aliphatic rings. The Hall–Kier alpha value is -0.340. The third-order valence-electron chi connectivity index (χ3n) is 2.53. The maximum Gasteiger partial charge on any atom is 0.0213 e. The minimum atomic E-state index is 0.0499. The number of likely N-dealkylation sites (tertiary alicyclic amines) is 1. The Labute approximate surface area is 69.1 Å². The van der Waals surface area contributed by atoms with Crippen molar-refractivity contribution in [2.75, 3.05) is 20.1 Å². The molecule has 1 rings (SSSR count). The smallest absolute Gasteiger partial charge is 0.0213 e. The van der Waals surface area contributed by atoms with Gasteiger partial charge in [-0.3, -0.25) is 0 Å². The van der Waals surface area contributed by atoms with E-state index >= 15 is 0 Å². The van der Waals surface area contributed by atoms with Crippen molar-refractivity contribution >= 4 is 0 Å². The Morgan fingerprint density at radius 2 is 2.09 bits per heavy atom. The number of rotatable bonds is 2. The molecule has 0 unspecified atom stereocenters. The molecule has 1 heterocycles. The number of nitrogens with zero attached hydrogens (tertiary/aromatic N) is 1. The summed E-state index contributed by atoms with van der Waals surface area (Å²) in [6.07, 6.45) is 5.11. The first kappa shape index (κ1) is 8.75. The summed E-state index contributed by atoms with van der Waals surface area (Å²) in [5.74, 6) is 0. The topological polar surface area (TPSA) is 29.3 Å². The van der Waals surface area contributed by atoms with Gasteiger partial charge in [-0.15, -0.1) is 6.58 Å². The Bertz CT molecular complexity index is 134. The zero-order valence-electron chi connectivity index (χ0n) is 7.34. The Kier molecular flexibility index (Phi) is 2.68. The van der Waals surface area contributed by atoms with Crippen LogP contribution in [0.1, 0.15) is 19.3 Å². The molecule has 0 aromatic rings. The number of hydrogen-bond acceptors (Lipinski definition) is 2. The maximum atomic E-state index is 6.13. The highest BCUT2D eigenvalue weighted by atomic mass is 15.1. The second kappa shape index (κ2) is 3.37. The lowest BCUT2D eigenvalue weighted by Gasteiger charge is -2.37. The van der Waals surface area contributed by atoms with Crippen molar-refractivity contribution in [3.05, 3.63) is 12.7 Å². The standard InChI is InChI=1S/C9H18N2/c1-3-4-9(10)5-7-11(2)8-6-9/h3H,1,4-8,10H2,2H3. The number of hydrogen-bond donors (Lipinski definition) is 1. The first-order valence-corrected chi connectivity index (χ1v) is 4.25. The van der Waals surface area contributed by atoms with Crippen LogP contribution in [-0.4, -0.2) is 30.6 Å². The van der Waals surface area contributed by atoms with E-state index in [0.717, 1.165) is 32.4 Å². The molecule has 0 spiro atoms. The minimum absolute atomic E-state index is 0.0499. The summed E-state index contributed by atoms with van der Waals surface area (Å²) in [5.41, 5.74) is 6.18. The van der Waals surface area contributed by atoms with Gasteiger partial charge in [0.25, 0.3) is 0 Å². The monoisotopic (exact) mass is 154 g/mol. The molecular weight excluding hydrogens is 136 g/mol. The molecule has 11 heavy (non-hydrogen) atoms. The highest BCUT2D eigenvalue weighted by Gasteiger charge is 2.27. The van der Waals surface area contributed by atoms with Crippen LogP contribution in [0.15, 0.2) is 12.7 Å². The Morgan fingerprint density at radius 1 is 1.55 bits per heavy atom. The van der Waals surface area contributed by atoms with E-state index in [9.17, 15) is 0 Å². The van der Waals surface area contributed by atoms with Gasteiger partial charge in [0.15, 0.2) is 0 Å². The molecule has 0 amide bonds. The fourth-order valence-corrected chi connectivity index (χ4v) is 1.56. The summed E-state index contributed by atoms with van der Waals surface area (Å²) in [6.45, 7) is 5.98. The maximum absolute atomic E-state index is 6.13. The SMILES string of the molecule is C=CCC1(N)CCN(C)CC1. The molecule has 1 saturated heterocycles.